The summed E-state index contributed by atoms with van der Waals surface area (Å²) in [6.45, 7) is 11.1. The molecule has 5 rings (SSSR count). The van der Waals surface area contributed by atoms with Crippen molar-refractivity contribution < 1.29 is 4.74 Å². The van der Waals surface area contributed by atoms with Gasteiger partial charge in [0.25, 0.3) is 0 Å². The second-order valence-electron chi connectivity index (χ2n) is 9.51. The highest BCUT2D eigenvalue weighted by molar-refractivity contribution is 6.05. The maximum Gasteiger partial charge on any atom is 0.325 e. The van der Waals surface area contributed by atoms with E-state index in [1.54, 1.807) is 0 Å². The van der Waals surface area contributed by atoms with Crippen LogP contribution in [0, 0.1) is 5.92 Å². The van der Waals surface area contributed by atoms with Gasteiger partial charge in [-0.2, -0.15) is 9.97 Å². The maximum atomic E-state index is 6.17. The molecular weight excluding hydrogens is 412 g/mol. The number of hydrogen-bond donors (Lipinski definition) is 1. The van der Waals surface area contributed by atoms with Gasteiger partial charge in [-0.1, -0.05) is 31.6 Å². The quantitative estimate of drug-likeness (QED) is 0.738. The predicted molar refractivity (Wildman–Crippen MR) is 134 cm³/mol. The lowest BCUT2D eigenvalue weighted by Gasteiger charge is -2.33. The molecule has 0 radical (unpaired) electrons. The van der Waals surface area contributed by atoms with Gasteiger partial charge in [0.15, 0.2) is 0 Å². The smallest absolute Gasteiger partial charge is 0.325 e. The summed E-state index contributed by atoms with van der Waals surface area (Å²) in [5.41, 5.74) is 5.24. The van der Waals surface area contributed by atoms with E-state index in [0.29, 0.717) is 17.7 Å². The SMILES string of the molecule is CC1=Cc2cc(Oc3nc(NC4=NCC(C(C)C)=C4)cc(N4CCN(C)CC4)n3)ccc2C1. The number of hydrogen-bond acceptors (Lipinski definition) is 7. The summed E-state index contributed by atoms with van der Waals surface area (Å²) in [5, 5.41) is 3.38. The average Bonchev–Trinajstić information content (AvgIpc) is 3.39. The van der Waals surface area contributed by atoms with Crippen LogP contribution in [0.25, 0.3) is 6.08 Å². The molecule has 1 saturated heterocycles. The Hall–Kier alpha value is -3.19. The van der Waals surface area contributed by atoms with Gasteiger partial charge in [-0.25, -0.2) is 0 Å². The third-order valence-corrected chi connectivity index (χ3v) is 6.47. The van der Waals surface area contributed by atoms with Gasteiger partial charge in [0, 0.05) is 32.2 Å². The number of aromatic nitrogens is 2. The van der Waals surface area contributed by atoms with Crippen molar-refractivity contribution in [1.29, 1.82) is 0 Å². The molecule has 1 aliphatic carbocycles. The fraction of sp³-hybridized carbons (Fsp3) is 0.423. The van der Waals surface area contributed by atoms with Crippen LogP contribution in [0.4, 0.5) is 11.6 Å². The van der Waals surface area contributed by atoms with Crippen LogP contribution in [-0.2, 0) is 6.42 Å². The van der Waals surface area contributed by atoms with Crippen LogP contribution in [0.5, 0.6) is 11.8 Å². The van der Waals surface area contributed by atoms with E-state index >= 15 is 0 Å². The first kappa shape index (κ1) is 21.6. The van der Waals surface area contributed by atoms with Gasteiger partial charge in [-0.05, 0) is 61.2 Å². The van der Waals surface area contributed by atoms with Gasteiger partial charge in [0.1, 0.15) is 23.2 Å². The van der Waals surface area contributed by atoms with Crippen LogP contribution in [0.15, 0.2) is 46.5 Å². The van der Waals surface area contributed by atoms with E-state index in [9.17, 15) is 0 Å². The summed E-state index contributed by atoms with van der Waals surface area (Å²) in [6, 6.07) is 8.55. The number of benzene rings is 1. The molecule has 1 aromatic carbocycles. The number of rotatable bonds is 5. The van der Waals surface area contributed by atoms with Gasteiger partial charge in [-0.15, -0.1) is 0 Å². The predicted octanol–water partition coefficient (Wildman–Crippen LogP) is 4.39. The molecule has 2 aliphatic heterocycles. The third-order valence-electron chi connectivity index (χ3n) is 6.47. The zero-order valence-corrected chi connectivity index (χ0v) is 19.9. The van der Waals surface area contributed by atoms with E-state index in [1.165, 1.54) is 22.3 Å². The van der Waals surface area contributed by atoms with E-state index in [1.807, 2.05) is 12.1 Å². The number of likely N-dealkylation sites (N-methyl/N-ethyl adjacent to an activating group) is 1. The minimum absolute atomic E-state index is 0.347. The van der Waals surface area contributed by atoms with E-state index in [0.717, 1.165) is 56.5 Å². The third kappa shape index (κ3) is 4.93. The summed E-state index contributed by atoms with van der Waals surface area (Å²) < 4.78 is 6.17. The lowest BCUT2D eigenvalue weighted by atomic mass is 10.0. The molecule has 7 heteroatoms. The Labute approximate surface area is 195 Å². The van der Waals surface area contributed by atoms with Gasteiger partial charge >= 0.3 is 6.01 Å². The first-order valence-corrected chi connectivity index (χ1v) is 11.8. The Morgan fingerprint density at radius 3 is 2.61 bits per heavy atom. The molecule has 0 spiro atoms. The van der Waals surface area contributed by atoms with Crippen molar-refractivity contribution in [1.82, 2.24) is 14.9 Å². The summed E-state index contributed by atoms with van der Waals surface area (Å²) in [5.74, 6) is 3.65. The normalized spacial score (nSPS) is 18.2. The molecule has 1 aromatic heterocycles. The highest BCUT2D eigenvalue weighted by atomic mass is 16.5. The van der Waals surface area contributed by atoms with Crippen LogP contribution < -0.4 is 15.0 Å². The molecular formula is C26H32N6O. The number of anilines is 2. The molecule has 3 aliphatic rings. The lowest BCUT2D eigenvalue weighted by molar-refractivity contribution is 0.311. The molecule has 2 aromatic rings. The molecule has 1 fully saturated rings. The highest BCUT2D eigenvalue weighted by Gasteiger charge is 2.20. The van der Waals surface area contributed by atoms with Crippen LogP contribution in [0.3, 0.4) is 0 Å². The molecule has 1 N–H and O–H groups in total. The van der Waals surface area contributed by atoms with Gasteiger partial charge in [-0.3, -0.25) is 4.99 Å². The number of fused-ring (bicyclic) bond motifs is 1. The Morgan fingerprint density at radius 2 is 1.85 bits per heavy atom. The van der Waals surface area contributed by atoms with Gasteiger partial charge in [0.05, 0.1) is 6.54 Å². The molecule has 0 bridgehead atoms. The van der Waals surface area contributed by atoms with E-state index in [-0.39, 0.29) is 0 Å². The monoisotopic (exact) mass is 444 g/mol. The van der Waals surface area contributed by atoms with Crippen molar-refractivity contribution in [3.8, 4) is 11.8 Å². The van der Waals surface area contributed by atoms with Gasteiger partial charge < -0.3 is 19.9 Å². The Bertz CT molecular complexity index is 1140. The van der Waals surface area contributed by atoms with Crippen LogP contribution in [-0.4, -0.2) is 60.5 Å². The van der Waals surface area contributed by atoms with Crippen molar-refractivity contribution >= 4 is 23.5 Å². The van der Waals surface area contributed by atoms with E-state index in [4.69, 9.17) is 9.72 Å². The standard InChI is InChI=1S/C26H32N6O/c1-17(2)21-14-23(27-16-21)28-24-15-25(32-9-7-31(4)8-10-32)30-26(29-24)33-22-6-5-19-11-18(3)12-20(19)13-22/h5-6,12-15,17H,7-11,16H2,1-4H3,(H,27,28,29,30). The van der Waals surface area contributed by atoms with E-state index in [2.05, 4.69) is 77.2 Å². The molecule has 7 nitrogen and oxygen atoms in total. The van der Waals surface area contributed by atoms with Crippen molar-refractivity contribution in [2.45, 2.75) is 27.2 Å². The second kappa shape index (κ2) is 8.98. The zero-order chi connectivity index (χ0) is 22.9. The van der Waals surface area contributed by atoms with Crippen LogP contribution in [0.1, 0.15) is 31.9 Å². The van der Waals surface area contributed by atoms with Crippen LogP contribution in [0.2, 0.25) is 0 Å². The Morgan fingerprint density at radius 1 is 1.03 bits per heavy atom. The Balaban J connectivity index is 1.42. The number of nitrogens with zero attached hydrogens (tertiary/aromatic N) is 5. The number of piperazine rings is 1. The Kier molecular flexibility index (Phi) is 5.89. The van der Waals surface area contributed by atoms with E-state index < -0.39 is 0 Å². The van der Waals surface area contributed by atoms with Crippen molar-refractivity contribution in [3.05, 3.63) is 52.6 Å². The number of ether oxygens (including phenoxy) is 1. The average molecular weight is 445 g/mol. The van der Waals surface area contributed by atoms with Crippen molar-refractivity contribution in [2.24, 2.45) is 10.9 Å². The number of nitrogens with one attached hydrogen (secondary N) is 1. The number of aliphatic imine (C=N–C) groups is 1. The fourth-order valence-corrected chi connectivity index (χ4v) is 4.37. The van der Waals surface area contributed by atoms with Crippen molar-refractivity contribution in [3.63, 3.8) is 0 Å². The van der Waals surface area contributed by atoms with Crippen LogP contribution >= 0.6 is 0 Å². The summed E-state index contributed by atoms with van der Waals surface area (Å²) in [4.78, 5) is 18.7. The minimum Gasteiger partial charge on any atom is -0.424 e. The molecule has 3 heterocycles. The van der Waals surface area contributed by atoms with Gasteiger partial charge in [0.2, 0.25) is 0 Å². The molecule has 0 atom stereocenters. The molecule has 33 heavy (non-hydrogen) atoms. The second-order valence-corrected chi connectivity index (χ2v) is 9.51. The zero-order valence-electron chi connectivity index (χ0n) is 19.9. The molecule has 172 valence electrons. The molecule has 0 amide bonds. The minimum atomic E-state index is 0.347. The topological polar surface area (TPSA) is 65.9 Å². The summed E-state index contributed by atoms with van der Waals surface area (Å²) >= 11 is 0. The molecule has 0 saturated carbocycles. The first-order valence-electron chi connectivity index (χ1n) is 11.8. The summed E-state index contributed by atoms with van der Waals surface area (Å²) in [7, 11) is 2.15. The van der Waals surface area contributed by atoms with Crippen molar-refractivity contribution in [2.75, 3.05) is 50.0 Å². The number of amidine groups is 1. The summed E-state index contributed by atoms with van der Waals surface area (Å²) in [6.07, 6.45) is 5.35. The fourth-order valence-electron chi connectivity index (χ4n) is 4.37. The lowest BCUT2D eigenvalue weighted by Crippen LogP contribution is -2.44. The largest absolute Gasteiger partial charge is 0.424 e. The highest BCUT2D eigenvalue weighted by Crippen LogP contribution is 2.31. The molecule has 0 unspecified atom stereocenters. The number of allylic oxidation sites excluding steroid dienone is 1. The first-order chi connectivity index (χ1) is 15.9. The maximum absolute atomic E-state index is 6.17.